The van der Waals surface area contributed by atoms with Crippen molar-refractivity contribution < 1.29 is 18.8 Å². The van der Waals surface area contributed by atoms with E-state index >= 15 is 0 Å². The highest BCUT2D eigenvalue weighted by molar-refractivity contribution is 6.32. The Morgan fingerprint density at radius 3 is 2.36 bits per heavy atom. The van der Waals surface area contributed by atoms with E-state index in [9.17, 15) is 18.8 Å². The number of carbonyl (C=O) groups excluding carboxylic acids is 3. The van der Waals surface area contributed by atoms with Crippen molar-refractivity contribution in [3.63, 3.8) is 0 Å². The van der Waals surface area contributed by atoms with Gasteiger partial charge in [0.05, 0.1) is 13.0 Å². The predicted octanol–water partition coefficient (Wildman–Crippen LogP) is 3.70. The molecule has 2 aromatic carbocycles. The van der Waals surface area contributed by atoms with Crippen molar-refractivity contribution in [2.45, 2.75) is 25.3 Å². The number of fused-ring (bicyclic) bond motifs is 2. The zero-order valence-electron chi connectivity index (χ0n) is 14.8. The number of imide groups is 1. The van der Waals surface area contributed by atoms with E-state index in [0.717, 1.165) is 4.90 Å². The first-order valence-corrected chi connectivity index (χ1v) is 9.46. The van der Waals surface area contributed by atoms with Crippen LogP contribution in [0.25, 0.3) is 0 Å². The molecule has 0 aliphatic carbocycles. The number of rotatable bonds is 3. The highest BCUT2D eigenvalue weighted by atomic mass is 35.5. The van der Waals surface area contributed by atoms with Gasteiger partial charge in [-0.25, -0.2) is 4.39 Å². The SMILES string of the molecule is CCN1C(=O)C2(CC(=O)N(Cc3cc(Cl)ccc3F)C2=O)c2cc(Cl)ccc21. The van der Waals surface area contributed by atoms with Crippen molar-refractivity contribution in [1.29, 1.82) is 0 Å². The van der Waals surface area contributed by atoms with Gasteiger partial charge in [-0.3, -0.25) is 19.3 Å². The number of carbonyl (C=O) groups is 3. The molecule has 144 valence electrons. The molecule has 8 heteroatoms. The van der Waals surface area contributed by atoms with Crippen LogP contribution in [-0.2, 0) is 26.3 Å². The van der Waals surface area contributed by atoms with E-state index in [1.165, 1.54) is 23.1 Å². The number of hydrogen-bond donors (Lipinski definition) is 0. The Hall–Kier alpha value is -2.44. The molecule has 0 radical (unpaired) electrons. The number of halogens is 3. The molecule has 1 unspecified atom stereocenters. The average Bonchev–Trinajstić information content (AvgIpc) is 3.04. The van der Waals surface area contributed by atoms with E-state index in [1.807, 2.05) is 0 Å². The molecule has 1 saturated heterocycles. The summed E-state index contributed by atoms with van der Waals surface area (Å²) in [7, 11) is 0. The number of anilines is 1. The van der Waals surface area contributed by atoms with Crippen LogP contribution < -0.4 is 4.90 Å². The summed E-state index contributed by atoms with van der Waals surface area (Å²) in [6, 6.07) is 8.78. The zero-order chi connectivity index (χ0) is 20.2. The minimum atomic E-state index is -1.65. The largest absolute Gasteiger partial charge is 0.311 e. The molecule has 3 amide bonds. The van der Waals surface area contributed by atoms with Gasteiger partial charge in [-0.15, -0.1) is 0 Å². The molecule has 28 heavy (non-hydrogen) atoms. The Bertz CT molecular complexity index is 1040. The molecule has 5 nitrogen and oxygen atoms in total. The van der Waals surface area contributed by atoms with Gasteiger partial charge in [0.1, 0.15) is 5.82 Å². The van der Waals surface area contributed by atoms with Gasteiger partial charge in [0, 0.05) is 33.4 Å². The van der Waals surface area contributed by atoms with E-state index in [0.29, 0.717) is 22.8 Å². The van der Waals surface area contributed by atoms with Gasteiger partial charge in [0.15, 0.2) is 5.41 Å². The lowest BCUT2D eigenvalue weighted by molar-refractivity contribution is -0.142. The standard InChI is InChI=1S/C20H15Cl2FN2O3/c1-2-24-16-6-4-13(22)8-14(16)20(18(24)27)9-17(26)25(19(20)28)10-11-7-12(21)3-5-15(11)23/h3-8H,2,9-10H2,1H3. The molecule has 0 N–H and O–H groups in total. The molecular weight excluding hydrogens is 406 g/mol. The van der Waals surface area contributed by atoms with Gasteiger partial charge in [-0.1, -0.05) is 23.2 Å². The fraction of sp³-hybridized carbons (Fsp3) is 0.250. The maximum Gasteiger partial charge on any atom is 0.250 e. The Labute approximate surface area is 170 Å². The fourth-order valence-electron chi connectivity index (χ4n) is 3.97. The first kappa shape index (κ1) is 18.9. The Morgan fingerprint density at radius 2 is 1.64 bits per heavy atom. The molecule has 1 atom stereocenters. The van der Waals surface area contributed by atoms with Gasteiger partial charge in [-0.05, 0) is 43.3 Å². The van der Waals surface area contributed by atoms with Crippen LogP contribution in [0.1, 0.15) is 24.5 Å². The van der Waals surface area contributed by atoms with Crippen LogP contribution in [0, 0.1) is 5.82 Å². The summed E-state index contributed by atoms with van der Waals surface area (Å²) in [6.45, 7) is 1.84. The van der Waals surface area contributed by atoms with Gasteiger partial charge >= 0.3 is 0 Å². The normalized spacial score (nSPS) is 21.2. The molecule has 2 heterocycles. The summed E-state index contributed by atoms with van der Waals surface area (Å²) in [4.78, 5) is 41.7. The van der Waals surface area contributed by atoms with Gasteiger partial charge in [0.25, 0.3) is 0 Å². The maximum atomic E-state index is 14.1. The van der Waals surface area contributed by atoms with Gasteiger partial charge in [-0.2, -0.15) is 0 Å². The van der Waals surface area contributed by atoms with Crippen LogP contribution in [0.4, 0.5) is 10.1 Å². The minimum absolute atomic E-state index is 0.107. The molecule has 2 aromatic rings. The van der Waals surface area contributed by atoms with Crippen LogP contribution in [0.5, 0.6) is 0 Å². The second-order valence-corrected chi connectivity index (χ2v) is 7.69. The maximum absolute atomic E-state index is 14.1. The van der Waals surface area contributed by atoms with Crippen molar-refractivity contribution >= 4 is 46.6 Å². The molecule has 4 rings (SSSR count). The highest BCUT2D eigenvalue weighted by Crippen LogP contribution is 2.49. The molecule has 1 spiro atoms. The van der Waals surface area contributed by atoms with Crippen LogP contribution in [0.3, 0.4) is 0 Å². The van der Waals surface area contributed by atoms with Crippen molar-refractivity contribution in [3.8, 4) is 0 Å². The third kappa shape index (κ3) is 2.55. The van der Waals surface area contributed by atoms with Crippen molar-refractivity contribution in [1.82, 2.24) is 4.90 Å². The first-order valence-electron chi connectivity index (χ1n) is 8.70. The summed E-state index contributed by atoms with van der Waals surface area (Å²) in [6.07, 6.45) is -0.309. The molecule has 1 fully saturated rings. The number of likely N-dealkylation sites (tertiary alicyclic amines) is 1. The summed E-state index contributed by atoms with van der Waals surface area (Å²) < 4.78 is 14.1. The summed E-state index contributed by atoms with van der Waals surface area (Å²) in [5, 5.41) is 0.653. The molecule has 0 bridgehead atoms. The zero-order valence-corrected chi connectivity index (χ0v) is 16.4. The van der Waals surface area contributed by atoms with Crippen molar-refractivity contribution in [3.05, 3.63) is 63.4 Å². The van der Waals surface area contributed by atoms with E-state index < -0.39 is 29.0 Å². The van der Waals surface area contributed by atoms with E-state index in [-0.39, 0.29) is 23.6 Å². The van der Waals surface area contributed by atoms with Crippen LogP contribution >= 0.6 is 23.2 Å². The monoisotopic (exact) mass is 420 g/mol. The summed E-state index contributed by atoms with van der Waals surface area (Å²) in [5.41, 5.74) is -0.564. The lowest BCUT2D eigenvalue weighted by Crippen LogP contribution is -2.46. The number of likely N-dealkylation sites (N-methyl/N-ethyl adjacent to an activating group) is 1. The van der Waals surface area contributed by atoms with Gasteiger partial charge in [0.2, 0.25) is 17.7 Å². The van der Waals surface area contributed by atoms with Gasteiger partial charge < -0.3 is 4.90 Å². The van der Waals surface area contributed by atoms with Crippen LogP contribution in [0.15, 0.2) is 36.4 Å². The van der Waals surface area contributed by atoms with E-state index in [4.69, 9.17) is 23.2 Å². The fourth-order valence-corrected chi connectivity index (χ4v) is 4.34. The van der Waals surface area contributed by atoms with Crippen LogP contribution in [-0.4, -0.2) is 29.2 Å². The minimum Gasteiger partial charge on any atom is -0.311 e. The average molecular weight is 421 g/mol. The Balaban J connectivity index is 1.79. The second kappa shape index (κ2) is 6.57. The summed E-state index contributed by atoms with van der Waals surface area (Å²) in [5.74, 6) is -2.25. The Morgan fingerprint density at radius 1 is 1.00 bits per heavy atom. The highest BCUT2D eigenvalue weighted by Gasteiger charge is 2.63. The molecule has 2 aliphatic rings. The topological polar surface area (TPSA) is 57.7 Å². The molecule has 2 aliphatic heterocycles. The van der Waals surface area contributed by atoms with Crippen molar-refractivity contribution in [2.24, 2.45) is 0 Å². The predicted molar refractivity (Wildman–Crippen MR) is 103 cm³/mol. The third-order valence-corrected chi connectivity index (χ3v) is 5.77. The lowest BCUT2D eigenvalue weighted by atomic mass is 9.80. The van der Waals surface area contributed by atoms with E-state index in [1.54, 1.807) is 25.1 Å². The lowest BCUT2D eigenvalue weighted by Gasteiger charge is -2.22. The number of hydrogen-bond acceptors (Lipinski definition) is 3. The quantitative estimate of drug-likeness (QED) is 0.561. The summed E-state index contributed by atoms with van der Waals surface area (Å²) >= 11 is 12.0. The van der Waals surface area contributed by atoms with E-state index in [2.05, 4.69) is 0 Å². The first-order chi connectivity index (χ1) is 13.3. The smallest absolute Gasteiger partial charge is 0.250 e. The van der Waals surface area contributed by atoms with Crippen molar-refractivity contribution in [2.75, 3.05) is 11.4 Å². The second-order valence-electron chi connectivity index (χ2n) is 6.81. The number of amides is 3. The molecule has 0 saturated carbocycles. The molecular formula is C20H15Cl2FN2O3. The third-order valence-electron chi connectivity index (χ3n) is 5.30. The number of benzene rings is 2. The number of nitrogens with zero attached hydrogens (tertiary/aromatic N) is 2. The Kier molecular flexibility index (Phi) is 4.43. The van der Waals surface area contributed by atoms with Crippen LogP contribution in [0.2, 0.25) is 10.0 Å². The molecule has 0 aromatic heterocycles.